The molecule has 0 bridgehead atoms. The van der Waals surface area contributed by atoms with Crippen LogP contribution in [0.5, 0.6) is 0 Å². The number of rotatable bonds is 7. The Morgan fingerprint density at radius 2 is 1.72 bits per heavy atom. The van der Waals surface area contributed by atoms with E-state index in [-0.39, 0.29) is 29.4 Å². The van der Waals surface area contributed by atoms with E-state index in [1.165, 1.54) is 12.1 Å². The van der Waals surface area contributed by atoms with Crippen LogP contribution in [0.4, 0.5) is 0 Å². The number of ketones is 1. The lowest BCUT2D eigenvalue weighted by molar-refractivity contribution is -0.121. The zero-order chi connectivity index (χ0) is 18.4. The summed E-state index contributed by atoms with van der Waals surface area (Å²) in [7, 11) is -3.80. The number of hydrogen-bond acceptors (Lipinski definition) is 4. The minimum atomic E-state index is -3.80. The molecule has 0 heterocycles. The Morgan fingerprint density at radius 1 is 1.04 bits per heavy atom. The zero-order valence-electron chi connectivity index (χ0n) is 13.8. The summed E-state index contributed by atoms with van der Waals surface area (Å²) in [5.74, 6) is -0.377. The van der Waals surface area contributed by atoms with Gasteiger partial charge in [-0.2, -0.15) is 0 Å². The predicted molar refractivity (Wildman–Crippen MR) is 94.4 cm³/mol. The molecule has 0 fully saturated rings. The highest BCUT2D eigenvalue weighted by Crippen LogP contribution is 2.17. The van der Waals surface area contributed by atoms with Gasteiger partial charge in [-0.05, 0) is 24.6 Å². The molecule has 0 radical (unpaired) electrons. The Bertz CT molecular complexity index is 864. The maximum atomic E-state index is 12.0. The summed E-state index contributed by atoms with van der Waals surface area (Å²) in [6, 6.07) is 14.5. The second-order valence-corrected chi connectivity index (χ2v) is 7.26. The van der Waals surface area contributed by atoms with Crippen LogP contribution in [0.1, 0.15) is 41.7 Å². The number of sulfonamides is 1. The SMILES string of the molecule is CC(NC(=O)CCC(=O)c1ccccc1)c1cccc(S(N)(=O)=O)c1. The Hall–Kier alpha value is -2.51. The first-order valence-corrected chi connectivity index (χ1v) is 9.32. The van der Waals surface area contributed by atoms with Crippen molar-refractivity contribution in [3.8, 4) is 0 Å². The molecule has 0 aliphatic carbocycles. The van der Waals surface area contributed by atoms with Crippen molar-refractivity contribution in [1.29, 1.82) is 0 Å². The Labute approximate surface area is 147 Å². The maximum absolute atomic E-state index is 12.0. The lowest BCUT2D eigenvalue weighted by Crippen LogP contribution is -2.27. The van der Waals surface area contributed by atoms with Crippen LogP contribution < -0.4 is 10.5 Å². The van der Waals surface area contributed by atoms with Crippen LogP contribution >= 0.6 is 0 Å². The normalized spacial score (nSPS) is 12.4. The predicted octanol–water partition coefficient (Wildman–Crippen LogP) is 2.17. The highest BCUT2D eigenvalue weighted by molar-refractivity contribution is 7.89. The highest BCUT2D eigenvalue weighted by Gasteiger charge is 2.14. The van der Waals surface area contributed by atoms with Crippen LogP contribution in [0, 0.1) is 0 Å². The third-order valence-corrected chi connectivity index (χ3v) is 4.65. The van der Waals surface area contributed by atoms with Crippen molar-refractivity contribution < 1.29 is 18.0 Å². The molecular formula is C18H20N2O4S. The molecule has 0 spiro atoms. The van der Waals surface area contributed by atoms with Crippen molar-refractivity contribution in [3.63, 3.8) is 0 Å². The summed E-state index contributed by atoms with van der Waals surface area (Å²) >= 11 is 0. The van der Waals surface area contributed by atoms with E-state index in [4.69, 9.17) is 5.14 Å². The minimum Gasteiger partial charge on any atom is -0.350 e. The number of hydrogen-bond donors (Lipinski definition) is 2. The molecule has 6 nitrogen and oxygen atoms in total. The van der Waals surface area contributed by atoms with E-state index in [9.17, 15) is 18.0 Å². The van der Waals surface area contributed by atoms with Gasteiger partial charge in [-0.15, -0.1) is 0 Å². The number of primary sulfonamides is 1. The molecule has 2 rings (SSSR count). The standard InChI is InChI=1S/C18H20N2O4S/c1-13(15-8-5-9-16(12-15)25(19,23)24)20-18(22)11-10-17(21)14-6-3-2-4-7-14/h2-9,12-13H,10-11H2,1H3,(H,20,22)(H2,19,23,24). The quantitative estimate of drug-likeness (QED) is 0.738. The number of carbonyl (C=O) groups is 2. The van der Waals surface area contributed by atoms with E-state index in [2.05, 4.69) is 5.32 Å². The van der Waals surface area contributed by atoms with Gasteiger partial charge in [-0.3, -0.25) is 9.59 Å². The number of amides is 1. The molecule has 132 valence electrons. The fourth-order valence-corrected chi connectivity index (χ4v) is 2.92. The summed E-state index contributed by atoms with van der Waals surface area (Å²) in [5, 5.41) is 7.87. The molecular weight excluding hydrogens is 340 g/mol. The Kier molecular flexibility index (Phi) is 6.06. The van der Waals surface area contributed by atoms with E-state index in [0.29, 0.717) is 11.1 Å². The molecule has 0 saturated heterocycles. The molecule has 1 amide bonds. The van der Waals surface area contributed by atoms with Gasteiger partial charge in [-0.1, -0.05) is 42.5 Å². The molecule has 0 saturated carbocycles. The number of nitrogens with two attached hydrogens (primary N) is 1. The Balaban J connectivity index is 1.93. The van der Waals surface area contributed by atoms with Crippen molar-refractivity contribution in [1.82, 2.24) is 5.32 Å². The average Bonchev–Trinajstić information content (AvgIpc) is 2.59. The lowest BCUT2D eigenvalue weighted by Gasteiger charge is -2.15. The summed E-state index contributed by atoms with van der Waals surface area (Å²) in [4.78, 5) is 24.0. The molecule has 7 heteroatoms. The molecule has 2 aromatic rings. The zero-order valence-corrected chi connectivity index (χ0v) is 14.6. The molecule has 2 aromatic carbocycles. The molecule has 0 aliphatic heterocycles. The third-order valence-electron chi connectivity index (χ3n) is 3.74. The molecule has 3 N–H and O–H groups in total. The third kappa shape index (κ3) is 5.51. The first-order valence-electron chi connectivity index (χ1n) is 7.78. The van der Waals surface area contributed by atoms with E-state index in [1.54, 1.807) is 43.3 Å². The van der Waals surface area contributed by atoms with E-state index in [0.717, 1.165) is 0 Å². The van der Waals surface area contributed by atoms with Crippen LogP contribution in [0.15, 0.2) is 59.5 Å². The average molecular weight is 360 g/mol. The maximum Gasteiger partial charge on any atom is 0.238 e. The van der Waals surface area contributed by atoms with Crippen molar-refractivity contribution in [3.05, 3.63) is 65.7 Å². The summed E-state index contributed by atoms with van der Waals surface area (Å²) in [6.07, 6.45) is 0.173. The second-order valence-electron chi connectivity index (χ2n) is 5.70. The fourth-order valence-electron chi connectivity index (χ4n) is 2.35. The Morgan fingerprint density at radius 3 is 2.36 bits per heavy atom. The molecule has 1 atom stereocenters. The summed E-state index contributed by atoms with van der Waals surface area (Å²) < 4.78 is 22.8. The number of nitrogens with one attached hydrogen (secondary N) is 1. The smallest absolute Gasteiger partial charge is 0.238 e. The van der Waals surface area contributed by atoms with E-state index < -0.39 is 16.1 Å². The van der Waals surface area contributed by atoms with Crippen LogP contribution in [-0.4, -0.2) is 20.1 Å². The van der Waals surface area contributed by atoms with Crippen molar-refractivity contribution in [2.45, 2.75) is 30.7 Å². The van der Waals surface area contributed by atoms with E-state index >= 15 is 0 Å². The van der Waals surface area contributed by atoms with Gasteiger partial charge in [0.2, 0.25) is 15.9 Å². The monoisotopic (exact) mass is 360 g/mol. The van der Waals surface area contributed by atoms with Crippen molar-refractivity contribution >= 4 is 21.7 Å². The molecule has 0 aliphatic rings. The van der Waals surface area contributed by atoms with Crippen molar-refractivity contribution in [2.24, 2.45) is 5.14 Å². The fraction of sp³-hybridized carbons (Fsp3) is 0.222. The highest BCUT2D eigenvalue weighted by atomic mass is 32.2. The van der Waals surface area contributed by atoms with Gasteiger partial charge in [-0.25, -0.2) is 13.6 Å². The summed E-state index contributed by atoms with van der Waals surface area (Å²) in [5.41, 5.74) is 1.19. The molecule has 1 unspecified atom stereocenters. The minimum absolute atomic E-state index is 0.00893. The van der Waals surface area contributed by atoms with Crippen LogP contribution in [0.25, 0.3) is 0 Å². The van der Waals surface area contributed by atoms with Gasteiger partial charge in [0.25, 0.3) is 0 Å². The summed E-state index contributed by atoms with van der Waals surface area (Å²) in [6.45, 7) is 1.74. The second kappa shape index (κ2) is 8.04. The number of Topliss-reactive ketones (excluding diaryl/α,β-unsaturated/α-hetero) is 1. The first-order chi connectivity index (χ1) is 11.8. The largest absolute Gasteiger partial charge is 0.350 e. The first kappa shape index (κ1) is 18.8. The molecule has 0 aromatic heterocycles. The van der Waals surface area contributed by atoms with Gasteiger partial charge in [0.1, 0.15) is 0 Å². The number of benzene rings is 2. The lowest BCUT2D eigenvalue weighted by atomic mass is 10.1. The van der Waals surface area contributed by atoms with Gasteiger partial charge in [0.05, 0.1) is 10.9 Å². The van der Waals surface area contributed by atoms with Crippen molar-refractivity contribution in [2.75, 3.05) is 0 Å². The van der Waals surface area contributed by atoms with Gasteiger partial charge < -0.3 is 5.32 Å². The van der Waals surface area contributed by atoms with Gasteiger partial charge in [0.15, 0.2) is 5.78 Å². The van der Waals surface area contributed by atoms with Crippen LogP contribution in [0.2, 0.25) is 0 Å². The van der Waals surface area contributed by atoms with E-state index in [1.807, 2.05) is 6.07 Å². The molecule has 25 heavy (non-hydrogen) atoms. The topological polar surface area (TPSA) is 106 Å². The van der Waals surface area contributed by atoms with Gasteiger partial charge >= 0.3 is 0 Å². The van der Waals surface area contributed by atoms with Crippen LogP contribution in [-0.2, 0) is 14.8 Å². The van der Waals surface area contributed by atoms with Crippen LogP contribution in [0.3, 0.4) is 0 Å². The van der Waals surface area contributed by atoms with Gasteiger partial charge in [0, 0.05) is 18.4 Å². The number of carbonyl (C=O) groups excluding carboxylic acids is 2.